The van der Waals surface area contributed by atoms with E-state index in [4.69, 9.17) is 39.8 Å². The van der Waals surface area contributed by atoms with E-state index in [1.807, 2.05) is 78.2 Å². The molecule has 3 aromatic carbocycles. The van der Waals surface area contributed by atoms with Crippen molar-refractivity contribution in [3.05, 3.63) is 105 Å². The average molecular weight is 419 g/mol. The third kappa shape index (κ3) is 5.39. The van der Waals surface area contributed by atoms with Gasteiger partial charge in [-0.25, -0.2) is 4.99 Å². The number of benzene rings is 3. The molecule has 3 rings (SSSR count). The minimum atomic E-state index is 0.609. The monoisotopic (exact) mass is 417 g/mol. The second-order valence-electron chi connectivity index (χ2n) is 5.34. The first-order chi connectivity index (χ1) is 12.6. The fourth-order valence-corrected chi connectivity index (χ4v) is 3.90. The van der Waals surface area contributed by atoms with Crippen molar-refractivity contribution in [3.63, 3.8) is 0 Å². The first-order valence-corrected chi connectivity index (χ1v) is 9.81. The Morgan fingerprint density at radius 2 is 1.46 bits per heavy atom. The van der Waals surface area contributed by atoms with E-state index in [9.17, 15) is 0 Å². The zero-order valence-electron chi connectivity index (χ0n) is 13.6. The lowest BCUT2D eigenvalue weighted by Crippen LogP contribution is -1.97. The molecule has 0 heterocycles. The molecule has 0 unspecified atom stereocenters. The fourth-order valence-electron chi connectivity index (χ4n) is 2.27. The standard InChI is InChI=1S/C21H14Cl3NS/c22-15-12-16(23)14-18(13-15)26-11-10-21(19-8-4-5-9-20(19)24)25-17-6-2-1-3-7-17/h1-14H. The molecular formula is C21H14Cl3NS. The molecule has 3 aromatic rings. The van der Waals surface area contributed by atoms with Crippen molar-refractivity contribution in [1.29, 1.82) is 0 Å². The van der Waals surface area contributed by atoms with Crippen LogP contribution in [0.15, 0.2) is 94.2 Å². The topological polar surface area (TPSA) is 12.4 Å². The number of para-hydroxylation sites is 1. The van der Waals surface area contributed by atoms with Gasteiger partial charge < -0.3 is 0 Å². The predicted octanol–water partition coefficient (Wildman–Crippen LogP) is 8.07. The third-order valence-corrected chi connectivity index (χ3v) is 4.97. The molecule has 0 aliphatic rings. The first kappa shape index (κ1) is 19.1. The van der Waals surface area contributed by atoms with E-state index in [-0.39, 0.29) is 0 Å². The van der Waals surface area contributed by atoms with Crippen LogP contribution in [0.2, 0.25) is 15.1 Å². The van der Waals surface area contributed by atoms with Gasteiger partial charge in [-0.1, -0.05) is 83.0 Å². The number of hydrogen-bond donors (Lipinski definition) is 0. The summed E-state index contributed by atoms with van der Waals surface area (Å²) in [6.45, 7) is 0. The molecule has 0 N–H and O–H groups in total. The number of thioether (sulfide) groups is 1. The lowest BCUT2D eigenvalue weighted by atomic mass is 10.1. The van der Waals surface area contributed by atoms with Gasteiger partial charge in [-0.15, -0.1) is 0 Å². The Hall–Kier alpha value is -1.71. The van der Waals surface area contributed by atoms with Gasteiger partial charge in [0.1, 0.15) is 0 Å². The number of nitrogens with zero attached hydrogens (tertiary/aromatic N) is 1. The highest BCUT2D eigenvalue weighted by Gasteiger charge is 2.05. The summed E-state index contributed by atoms with van der Waals surface area (Å²) in [5.41, 5.74) is 2.52. The molecule has 0 spiro atoms. The molecule has 0 radical (unpaired) electrons. The van der Waals surface area contributed by atoms with Crippen LogP contribution < -0.4 is 0 Å². The van der Waals surface area contributed by atoms with Gasteiger partial charge in [0.15, 0.2) is 0 Å². The van der Waals surface area contributed by atoms with Gasteiger partial charge >= 0.3 is 0 Å². The van der Waals surface area contributed by atoms with E-state index in [1.54, 1.807) is 6.07 Å². The summed E-state index contributed by atoms with van der Waals surface area (Å²) >= 11 is 20.0. The summed E-state index contributed by atoms with van der Waals surface area (Å²) in [6.07, 6.45) is 1.94. The third-order valence-electron chi connectivity index (χ3n) is 3.42. The average Bonchev–Trinajstić information content (AvgIpc) is 2.61. The summed E-state index contributed by atoms with van der Waals surface area (Å²) in [7, 11) is 0. The molecule has 0 aliphatic heterocycles. The van der Waals surface area contributed by atoms with Crippen molar-refractivity contribution in [2.75, 3.05) is 0 Å². The van der Waals surface area contributed by atoms with E-state index in [0.717, 1.165) is 21.9 Å². The van der Waals surface area contributed by atoms with E-state index < -0.39 is 0 Å². The Bertz CT molecular complexity index is 932. The Labute approximate surface area is 172 Å². The van der Waals surface area contributed by atoms with Crippen LogP contribution in [0.25, 0.3) is 0 Å². The largest absolute Gasteiger partial charge is 0.248 e. The van der Waals surface area contributed by atoms with Gasteiger partial charge in [-0.2, -0.15) is 0 Å². The maximum absolute atomic E-state index is 6.37. The molecule has 0 aromatic heterocycles. The Balaban J connectivity index is 1.91. The van der Waals surface area contributed by atoms with E-state index in [0.29, 0.717) is 15.1 Å². The number of rotatable bonds is 5. The summed E-state index contributed by atoms with van der Waals surface area (Å²) in [4.78, 5) is 5.69. The zero-order valence-corrected chi connectivity index (χ0v) is 16.7. The molecule has 0 amide bonds. The predicted molar refractivity (Wildman–Crippen MR) is 116 cm³/mol. The second kappa shape index (κ2) is 9.29. The first-order valence-electron chi connectivity index (χ1n) is 7.80. The van der Waals surface area contributed by atoms with Gasteiger partial charge in [-0.05, 0) is 47.9 Å². The normalized spacial score (nSPS) is 11.9. The lowest BCUT2D eigenvalue weighted by Gasteiger charge is -2.05. The van der Waals surface area contributed by atoms with Crippen LogP contribution in [0.1, 0.15) is 5.56 Å². The number of halogens is 3. The summed E-state index contributed by atoms with van der Waals surface area (Å²) in [5.74, 6) is 0. The summed E-state index contributed by atoms with van der Waals surface area (Å²) < 4.78 is 0. The van der Waals surface area contributed by atoms with Crippen molar-refractivity contribution in [3.8, 4) is 0 Å². The Morgan fingerprint density at radius 1 is 0.808 bits per heavy atom. The summed E-state index contributed by atoms with van der Waals surface area (Å²) in [5, 5.41) is 3.82. The molecular weight excluding hydrogens is 405 g/mol. The van der Waals surface area contributed by atoms with Crippen LogP contribution in [0.5, 0.6) is 0 Å². The fraction of sp³-hybridized carbons (Fsp3) is 0. The molecule has 0 saturated heterocycles. The van der Waals surface area contributed by atoms with Crippen molar-refractivity contribution in [2.45, 2.75) is 4.90 Å². The quantitative estimate of drug-likeness (QED) is 0.301. The molecule has 130 valence electrons. The smallest absolute Gasteiger partial charge is 0.0729 e. The highest BCUT2D eigenvalue weighted by molar-refractivity contribution is 8.02. The second-order valence-corrected chi connectivity index (χ2v) is 7.60. The van der Waals surface area contributed by atoms with Crippen LogP contribution in [0, 0.1) is 0 Å². The molecule has 0 saturated carbocycles. The van der Waals surface area contributed by atoms with Crippen molar-refractivity contribution in [1.82, 2.24) is 0 Å². The van der Waals surface area contributed by atoms with E-state index in [1.165, 1.54) is 11.8 Å². The van der Waals surface area contributed by atoms with Crippen LogP contribution in [0.3, 0.4) is 0 Å². The molecule has 0 aliphatic carbocycles. The molecule has 0 atom stereocenters. The zero-order chi connectivity index (χ0) is 18.4. The molecule has 1 nitrogen and oxygen atoms in total. The maximum atomic E-state index is 6.37. The minimum absolute atomic E-state index is 0.609. The van der Waals surface area contributed by atoms with E-state index >= 15 is 0 Å². The highest BCUT2D eigenvalue weighted by Crippen LogP contribution is 2.28. The van der Waals surface area contributed by atoms with Gasteiger partial charge in [0.25, 0.3) is 0 Å². The van der Waals surface area contributed by atoms with Crippen molar-refractivity contribution in [2.24, 2.45) is 4.99 Å². The van der Waals surface area contributed by atoms with Crippen LogP contribution in [-0.4, -0.2) is 5.71 Å². The summed E-state index contributed by atoms with van der Waals surface area (Å²) in [6, 6.07) is 22.9. The number of hydrogen-bond acceptors (Lipinski definition) is 2. The minimum Gasteiger partial charge on any atom is -0.248 e. The van der Waals surface area contributed by atoms with Gasteiger partial charge in [0.2, 0.25) is 0 Å². The van der Waals surface area contributed by atoms with E-state index in [2.05, 4.69) is 0 Å². The van der Waals surface area contributed by atoms with Gasteiger partial charge in [0.05, 0.1) is 11.4 Å². The Morgan fingerprint density at radius 3 is 2.15 bits per heavy atom. The lowest BCUT2D eigenvalue weighted by molar-refractivity contribution is 1.47. The van der Waals surface area contributed by atoms with Gasteiger partial charge in [0, 0.05) is 25.5 Å². The SMILES string of the molecule is Clc1cc(Cl)cc(SC=CC(=Nc2ccccc2)c2ccccc2Cl)c1. The molecule has 26 heavy (non-hydrogen) atoms. The van der Waals surface area contributed by atoms with Crippen LogP contribution in [-0.2, 0) is 0 Å². The van der Waals surface area contributed by atoms with Gasteiger partial charge in [-0.3, -0.25) is 0 Å². The molecule has 0 fully saturated rings. The molecule has 5 heteroatoms. The Kier molecular flexibility index (Phi) is 6.81. The van der Waals surface area contributed by atoms with Crippen LogP contribution >= 0.6 is 46.6 Å². The van der Waals surface area contributed by atoms with Crippen molar-refractivity contribution >= 4 is 58.0 Å². The van der Waals surface area contributed by atoms with Crippen molar-refractivity contribution < 1.29 is 0 Å². The highest BCUT2D eigenvalue weighted by atomic mass is 35.5. The maximum Gasteiger partial charge on any atom is 0.0729 e. The van der Waals surface area contributed by atoms with Crippen LogP contribution in [0.4, 0.5) is 5.69 Å². The number of aliphatic imine (C=N–C) groups is 1. The molecule has 0 bridgehead atoms. The number of allylic oxidation sites excluding steroid dienone is 1.